The quantitative estimate of drug-likeness (QED) is 0.730. The molecule has 0 aliphatic rings. The van der Waals surface area contributed by atoms with Crippen LogP contribution in [-0.4, -0.2) is 6.54 Å². The van der Waals surface area contributed by atoms with Gasteiger partial charge in [-0.1, -0.05) is 18.2 Å². The molecule has 0 saturated heterocycles. The Labute approximate surface area is 69.1 Å². The molecule has 1 heterocycles. The molecule has 10 heavy (non-hydrogen) atoms. The Morgan fingerprint density at radius 3 is 2.80 bits per heavy atom. The Morgan fingerprint density at radius 1 is 1.70 bits per heavy atom. The normalized spacial score (nSPS) is 9.80. The van der Waals surface area contributed by atoms with Crippen LogP contribution in [0.3, 0.4) is 0 Å². The van der Waals surface area contributed by atoms with Crippen LogP contribution in [-0.2, 0) is 0 Å². The molecule has 0 aliphatic heterocycles. The Hall–Kier alpha value is -0.310. The average molecular weight is 174 g/mol. The van der Waals surface area contributed by atoms with Gasteiger partial charge in [-0.2, -0.15) is 0 Å². The van der Waals surface area contributed by atoms with E-state index in [0.29, 0.717) is 6.54 Å². The first kappa shape index (κ1) is 7.79. The third-order valence-electron chi connectivity index (χ3n) is 1.17. The van der Waals surface area contributed by atoms with Crippen LogP contribution in [0.5, 0.6) is 0 Å². The standard InChI is InChI=1S/C7H8ClNS/c1-5(4-9)6-2-3-7(8)10-6/h2-3H,1,4,9H2. The lowest BCUT2D eigenvalue weighted by Gasteiger charge is -1.94. The van der Waals surface area contributed by atoms with Crippen molar-refractivity contribution in [2.45, 2.75) is 0 Å². The van der Waals surface area contributed by atoms with Crippen LogP contribution < -0.4 is 5.73 Å². The van der Waals surface area contributed by atoms with Crippen molar-refractivity contribution >= 4 is 28.5 Å². The van der Waals surface area contributed by atoms with Crippen molar-refractivity contribution < 1.29 is 0 Å². The predicted molar refractivity (Wildman–Crippen MR) is 47.4 cm³/mol. The molecule has 54 valence electrons. The molecule has 1 rings (SSSR count). The van der Waals surface area contributed by atoms with Crippen molar-refractivity contribution in [1.29, 1.82) is 0 Å². The molecule has 2 N–H and O–H groups in total. The second-order valence-electron chi connectivity index (χ2n) is 1.91. The minimum atomic E-state index is 0.497. The van der Waals surface area contributed by atoms with E-state index in [1.54, 1.807) is 0 Å². The SMILES string of the molecule is C=C(CN)c1ccc(Cl)s1. The van der Waals surface area contributed by atoms with Crippen LogP contribution in [0.25, 0.3) is 5.57 Å². The molecular weight excluding hydrogens is 166 g/mol. The fourth-order valence-corrected chi connectivity index (χ4v) is 1.63. The van der Waals surface area contributed by atoms with Crippen molar-refractivity contribution in [3.05, 3.63) is 27.9 Å². The van der Waals surface area contributed by atoms with Gasteiger partial charge in [-0.05, 0) is 17.7 Å². The van der Waals surface area contributed by atoms with Crippen LogP contribution in [0, 0.1) is 0 Å². The van der Waals surface area contributed by atoms with Gasteiger partial charge < -0.3 is 5.73 Å². The highest BCUT2D eigenvalue weighted by molar-refractivity contribution is 7.17. The number of thiophene rings is 1. The molecule has 0 aliphatic carbocycles. The van der Waals surface area contributed by atoms with Crippen LogP contribution in [0.15, 0.2) is 18.7 Å². The molecule has 1 aromatic rings. The van der Waals surface area contributed by atoms with Gasteiger partial charge in [-0.15, -0.1) is 11.3 Å². The first-order valence-electron chi connectivity index (χ1n) is 2.87. The first-order chi connectivity index (χ1) is 4.74. The summed E-state index contributed by atoms with van der Waals surface area (Å²) in [5.41, 5.74) is 6.32. The highest BCUT2D eigenvalue weighted by atomic mass is 35.5. The summed E-state index contributed by atoms with van der Waals surface area (Å²) in [7, 11) is 0. The summed E-state index contributed by atoms with van der Waals surface area (Å²) < 4.78 is 0.782. The van der Waals surface area contributed by atoms with Gasteiger partial charge in [0.25, 0.3) is 0 Å². The molecule has 0 aromatic carbocycles. The lowest BCUT2D eigenvalue weighted by atomic mass is 10.2. The van der Waals surface area contributed by atoms with E-state index in [-0.39, 0.29) is 0 Å². The van der Waals surface area contributed by atoms with Gasteiger partial charge in [-0.3, -0.25) is 0 Å². The molecule has 0 unspecified atom stereocenters. The van der Waals surface area contributed by atoms with Crippen molar-refractivity contribution in [3.63, 3.8) is 0 Å². The Morgan fingerprint density at radius 2 is 2.40 bits per heavy atom. The Kier molecular flexibility index (Phi) is 2.49. The summed E-state index contributed by atoms with van der Waals surface area (Å²) in [5.74, 6) is 0. The van der Waals surface area contributed by atoms with E-state index in [2.05, 4.69) is 6.58 Å². The minimum absolute atomic E-state index is 0.497. The number of nitrogens with two attached hydrogens (primary N) is 1. The van der Waals surface area contributed by atoms with Gasteiger partial charge >= 0.3 is 0 Å². The van der Waals surface area contributed by atoms with Gasteiger partial charge in [0.2, 0.25) is 0 Å². The summed E-state index contributed by atoms with van der Waals surface area (Å²) in [6, 6.07) is 3.78. The van der Waals surface area contributed by atoms with Gasteiger partial charge in [0.1, 0.15) is 0 Å². The first-order valence-corrected chi connectivity index (χ1v) is 4.07. The molecule has 0 radical (unpaired) electrons. The molecule has 1 aromatic heterocycles. The summed E-state index contributed by atoms with van der Waals surface area (Å²) >= 11 is 7.20. The highest BCUT2D eigenvalue weighted by Gasteiger charge is 1.98. The molecule has 0 amide bonds. The summed E-state index contributed by atoms with van der Waals surface area (Å²) in [5, 5.41) is 0. The third kappa shape index (κ3) is 1.59. The van der Waals surface area contributed by atoms with E-state index in [9.17, 15) is 0 Å². The molecular formula is C7H8ClNS. The van der Waals surface area contributed by atoms with E-state index in [1.807, 2.05) is 12.1 Å². The fourth-order valence-electron chi connectivity index (χ4n) is 0.605. The maximum Gasteiger partial charge on any atom is 0.0934 e. The van der Waals surface area contributed by atoms with E-state index in [1.165, 1.54) is 11.3 Å². The number of hydrogen-bond donors (Lipinski definition) is 1. The topological polar surface area (TPSA) is 26.0 Å². The molecule has 0 atom stereocenters. The van der Waals surface area contributed by atoms with E-state index >= 15 is 0 Å². The Balaban J connectivity index is 2.85. The number of halogens is 1. The maximum absolute atomic E-state index is 5.70. The Bertz CT molecular complexity index is 242. The summed E-state index contributed by atoms with van der Waals surface area (Å²) in [6.07, 6.45) is 0. The summed E-state index contributed by atoms with van der Waals surface area (Å²) in [6.45, 7) is 4.28. The monoisotopic (exact) mass is 173 g/mol. The third-order valence-corrected chi connectivity index (χ3v) is 2.50. The van der Waals surface area contributed by atoms with Crippen LogP contribution in [0.4, 0.5) is 0 Å². The zero-order valence-corrected chi connectivity index (χ0v) is 7.00. The largest absolute Gasteiger partial charge is 0.326 e. The van der Waals surface area contributed by atoms with Crippen molar-refractivity contribution in [3.8, 4) is 0 Å². The van der Waals surface area contributed by atoms with Gasteiger partial charge in [0, 0.05) is 11.4 Å². The molecule has 0 spiro atoms. The predicted octanol–water partition coefficient (Wildman–Crippen LogP) is 2.37. The fraction of sp³-hybridized carbons (Fsp3) is 0.143. The smallest absolute Gasteiger partial charge is 0.0934 e. The number of hydrogen-bond acceptors (Lipinski definition) is 2. The molecule has 0 bridgehead atoms. The highest BCUT2D eigenvalue weighted by Crippen LogP contribution is 2.25. The van der Waals surface area contributed by atoms with Gasteiger partial charge in [0.15, 0.2) is 0 Å². The lowest BCUT2D eigenvalue weighted by Crippen LogP contribution is -1.98. The van der Waals surface area contributed by atoms with Crippen LogP contribution in [0.2, 0.25) is 4.34 Å². The van der Waals surface area contributed by atoms with E-state index < -0.39 is 0 Å². The van der Waals surface area contributed by atoms with Crippen LogP contribution in [0.1, 0.15) is 4.88 Å². The minimum Gasteiger partial charge on any atom is -0.326 e. The zero-order chi connectivity index (χ0) is 7.56. The molecule has 3 heteroatoms. The second kappa shape index (κ2) is 3.19. The van der Waals surface area contributed by atoms with Gasteiger partial charge in [0.05, 0.1) is 4.34 Å². The lowest BCUT2D eigenvalue weighted by molar-refractivity contribution is 1.28. The van der Waals surface area contributed by atoms with Gasteiger partial charge in [-0.25, -0.2) is 0 Å². The van der Waals surface area contributed by atoms with Crippen molar-refractivity contribution in [1.82, 2.24) is 0 Å². The van der Waals surface area contributed by atoms with Crippen LogP contribution >= 0.6 is 22.9 Å². The molecule has 1 nitrogen and oxygen atoms in total. The van der Waals surface area contributed by atoms with E-state index in [4.69, 9.17) is 17.3 Å². The number of rotatable bonds is 2. The van der Waals surface area contributed by atoms with Crippen molar-refractivity contribution in [2.75, 3.05) is 6.54 Å². The molecule has 0 saturated carbocycles. The van der Waals surface area contributed by atoms with E-state index in [0.717, 1.165) is 14.8 Å². The second-order valence-corrected chi connectivity index (χ2v) is 3.63. The maximum atomic E-state index is 5.70. The molecule has 0 fully saturated rings. The zero-order valence-electron chi connectivity index (χ0n) is 5.43. The van der Waals surface area contributed by atoms with Crippen molar-refractivity contribution in [2.24, 2.45) is 5.73 Å². The summed E-state index contributed by atoms with van der Waals surface area (Å²) in [4.78, 5) is 1.08. The average Bonchev–Trinajstić information content (AvgIpc) is 2.34.